The number of amides is 1. The molecule has 1 rings (SSSR count). The van der Waals surface area contributed by atoms with E-state index in [-0.39, 0.29) is 5.56 Å². The summed E-state index contributed by atoms with van der Waals surface area (Å²) < 4.78 is 13.2. The Balaban J connectivity index is 2.78. The number of hydrogen-bond acceptors (Lipinski definition) is 2. The third-order valence-corrected chi connectivity index (χ3v) is 3.28. The van der Waals surface area contributed by atoms with Crippen molar-refractivity contribution in [1.29, 1.82) is 0 Å². The molecule has 0 unspecified atom stereocenters. The van der Waals surface area contributed by atoms with Gasteiger partial charge >= 0.3 is 5.97 Å². The van der Waals surface area contributed by atoms with E-state index < -0.39 is 23.7 Å². The van der Waals surface area contributed by atoms with E-state index in [2.05, 4.69) is 21.2 Å². The first-order valence-electron chi connectivity index (χ1n) is 5.94. The van der Waals surface area contributed by atoms with Crippen LogP contribution in [0.2, 0.25) is 0 Å². The van der Waals surface area contributed by atoms with Crippen LogP contribution in [0.4, 0.5) is 4.39 Å². The van der Waals surface area contributed by atoms with Gasteiger partial charge < -0.3 is 10.4 Å². The molecule has 0 spiro atoms. The van der Waals surface area contributed by atoms with Crippen molar-refractivity contribution < 1.29 is 19.1 Å². The first-order chi connectivity index (χ1) is 8.95. The van der Waals surface area contributed by atoms with E-state index in [0.717, 1.165) is 18.6 Å². The van der Waals surface area contributed by atoms with Crippen molar-refractivity contribution in [2.75, 3.05) is 0 Å². The fourth-order valence-electron chi connectivity index (χ4n) is 1.58. The minimum Gasteiger partial charge on any atom is -0.480 e. The molecule has 0 fully saturated rings. The summed E-state index contributed by atoms with van der Waals surface area (Å²) >= 11 is 3.08. The molecule has 0 aliphatic carbocycles. The summed E-state index contributed by atoms with van der Waals surface area (Å²) in [7, 11) is 0. The van der Waals surface area contributed by atoms with Gasteiger partial charge in [-0.15, -0.1) is 0 Å². The molecule has 0 aliphatic heterocycles. The van der Waals surface area contributed by atoms with Crippen LogP contribution < -0.4 is 5.32 Å². The lowest BCUT2D eigenvalue weighted by Crippen LogP contribution is -2.40. The lowest BCUT2D eigenvalue weighted by atomic mass is 10.1. The average Bonchev–Trinajstić information content (AvgIpc) is 2.33. The number of nitrogens with one attached hydrogen (secondary N) is 1. The first-order valence-corrected chi connectivity index (χ1v) is 6.73. The van der Waals surface area contributed by atoms with Gasteiger partial charge in [0, 0.05) is 4.47 Å². The van der Waals surface area contributed by atoms with Crippen molar-refractivity contribution in [3.8, 4) is 0 Å². The van der Waals surface area contributed by atoms with E-state index in [0.29, 0.717) is 17.3 Å². The Bertz CT molecular complexity index is 479. The van der Waals surface area contributed by atoms with E-state index in [9.17, 15) is 14.0 Å². The van der Waals surface area contributed by atoms with Crippen LogP contribution in [0.3, 0.4) is 0 Å². The molecule has 0 aliphatic rings. The fourth-order valence-corrected chi connectivity index (χ4v) is 2.11. The summed E-state index contributed by atoms with van der Waals surface area (Å²) in [5, 5.41) is 11.5. The molecule has 0 radical (unpaired) electrons. The molecule has 0 aromatic heterocycles. The molecule has 1 atom stereocenters. The topological polar surface area (TPSA) is 66.4 Å². The average molecular weight is 332 g/mol. The molecule has 104 valence electrons. The molecule has 0 saturated carbocycles. The highest BCUT2D eigenvalue weighted by atomic mass is 79.9. The second kappa shape index (κ2) is 7.23. The molecule has 1 aromatic rings. The van der Waals surface area contributed by atoms with E-state index >= 15 is 0 Å². The highest BCUT2D eigenvalue weighted by Gasteiger charge is 2.21. The highest BCUT2D eigenvalue weighted by Crippen LogP contribution is 2.18. The van der Waals surface area contributed by atoms with E-state index in [1.54, 1.807) is 0 Å². The number of carbonyl (C=O) groups is 2. The molecule has 0 heterocycles. The molecule has 6 heteroatoms. The minimum absolute atomic E-state index is 0.212. The molecule has 0 bridgehead atoms. The van der Waals surface area contributed by atoms with Crippen LogP contribution in [0.1, 0.15) is 36.5 Å². The molecule has 0 saturated heterocycles. The SMILES string of the molecule is CCCC[C@H](NC(=O)c1ccc(F)cc1Br)C(=O)O. The number of carboxylic acids is 1. The van der Waals surface area contributed by atoms with Gasteiger partial charge in [-0.1, -0.05) is 19.8 Å². The quantitative estimate of drug-likeness (QED) is 0.842. The van der Waals surface area contributed by atoms with Crippen molar-refractivity contribution >= 4 is 27.8 Å². The zero-order valence-corrected chi connectivity index (χ0v) is 12.0. The maximum Gasteiger partial charge on any atom is 0.326 e. The number of halogens is 2. The van der Waals surface area contributed by atoms with Gasteiger partial charge in [-0.2, -0.15) is 0 Å². The Morgan fingerprint density at radius 2 is 2.16 bits per heavy atom. The van der Waals surface area contributed by atoms with Crippen LogP contribution in [0, 0.1) is 5.82 Å². The predicted molar refractivity (Wildman–Crippen MR) is 72.5 cm³/mol. The molecule has 1 amide bonds. The van der Waals surface area contributed by atoms with Crippen molar-refractivity contribution in [2.45, 2.75) is 32.2 Å². The molecular formula is C13H15BrFNO3. The molecule has 19 heavy (non-hydrogen) atoms. The van der Waals surface area contributed by atoms with Crippen LogP contribution in [0.15, 0.2) is 22.7 Å². The lowest BCUT2D eigenvalue weighted by Gasteiger charge is -2.14. The molecule has 4 nitrogen and oxygen atoms in total. The number of hydrogen-bond donors (Lipinski definition) is 2. The smallest absolute Gasteiger partial charge is 0.326 e. The number of carbonyl (C=O) groups excluding carboxylic acids is 1. The number of aliphatic carboxylic acids is 1. The summed E-state index contributed by atoms with van der Waals surface area (Å²) in [5.41, 5.74) is 0.212. The molecule has 1 aromatic carbocycles. The lowest BCUT2D eigenvalue weighted by molar-refractivity contribution is -0.139. The highest BCUT2D eigenvalue weighted by molar-refractivity contribution is 9.10. The Hall–Kier alpha value is -1.43. The third kappa shape index (κ3) is 4.63. The fraction of sp³-hybridized carbons (Fsp3) is 0.385. The van der Waals surface area contributed by atoms with Crippen LogP contribution in [0.5, 0.6) is 0 Å². The van der Waals surface area contributed by atoms with Crippen LogP contribution in [0.25, 0.3) is 0 Å². The van der Waals surface area contributed by atoms with Gasteiger partial charge in [-0.3, -0.25) is 4.79 Å². The first kappa shape index (κ1) is 15.6. The normalized spacial score (nSPS) is 11.9. The molecular weight excluding hydrogens is 317 g/mol. The standard InChI is InChI=1S/C13H15BrFNO3/c1-2-3-4-11(13(18)19)16-12(17)9-6-5-8(15)7-10(9)14/h5-7,11H,2-4H2,1H3,(H,16,17)(H,18,19)/t11-/m0/s1. The van der Waals surface area contributed by atoms with Gasteiger partial charge in [0.1, 0.15) is 11.9 Å². The number of benzene rings is 1. The second-order valence-electron chi connectivity index (χ2n) is 4.13. The Morgan fingerprint density at radius 1 is 1.47 bits per heavy atom. The Labute approximate surface area is 119 Å². The van der Waals surface area contributed by atoms with Gasteiger partial charge in [-0.05, 0) is 40.5 Å². The zero-order chi connectivity index (χ0) is 14.4. The van der Waals surface area contributed by atoms with Crippen LogP contribution >= 0.6 is 15.9 Å². The van der Waals surface area contributed by atoms with Crippen LogP contribution in [-0.2, 0) is 4.79 Å². The monoisotopic (exact) mass is 331 g/mol. The van der Waals surface area contributed by atoms with Crippen molar-refractivity contribution in [3.63, 3.8) is 0 Å². The zero-order valence-electron chi connectivity index (χ0n) is 10.5. The Kier molecular flexibility index (Phi) is 5.95. The number of rotatable bonds is 6. The third-order valence-electron chi connectivity index (χ3n) is 2.63. The van der Waals surface area contributed by atoms with E-state index in [1.807, 2.05) is 6.92 Å². The van der Waals surface area contributed by atoms with Crippen LogP contribution in [-0.4, -0.2) is 23.0 Å². The van der Waals surface area contributed by atoms with Gasteiger partial charge in [0.05, 0.1) is 5.56 Å². The summed E-state index contributed by atoms with van der Waals surface area (Å²) in [6, 6.07) is 2.70. The maximum atomic E-state index is 12.9. The van der Waals surface area contributed by atoms with Gasteiger partial charge in [-0.25, -0.2) is 9.18 Å². The van der Waals surface area contributed by atoms with E-state index in [1.165, 1.54) is 6.07 Å². The Morgan fingerprint density at radius 3 is 2.68 bits per heavy atom. The second-order valence-corrected chi connectivity index (χ2v) is 4.99. The van der Waals surface area contributed by atoms with Gasteiger partial charge in [0.25, 0.3) is 5.91 Å². The van der Waals surface area contributed by atoms with Crippen molar-refractivity contribution in [2.24, 2.45) is 0 Å². The number of carboxylic acid groups (broad SMARTS) is 1. The minimum atomic E-state index is -1.07. The van der Waals surface area contributed by atoms with Gasteiger partial charge in [0.15, 0.2) is 0 Å². The summed E-state index contributed by atoms with van der Waals surface area (Å²) in [4.78, 5) is 23.0. The summed E-state index contributed by atoms with van der Waals surface area (Å²) in [5.74, 6) is -2.07. The summed E-state index contributed by atoms with van der Waals surface area (Å²) in [6.45, 7) is 1.94. The largest absolute Gasteiger partial charge is 0.480 e. The van der Waals surface area contributed by atoms with Crippen molar-refractivity contribution in [3.05, 3.63) is 34.1 Å². The predicted octanol–water partition coefficient (Wildman–Crippen LogP) is 2.96. The van der Waals surface area contributed by atoms with Gasteiger partial charge in [0.2, 0.25) is 0 Å². The molecule has 2 N–H and O–H groups in total. The number of unbranched alkanes of at least 4 members (excludes halogenated alkanes) is 1. The van der Waals surface area contributed by atoms with Crippen molar-refractivity contribution in [1.82, 2.24) is 5.32 Å². The summed E-state index contributed by atoms with van der Waals surface area (Å²) in [6.07, 6.45) is 1.93. The maximum absolute atomic E-state index is 12.9. The van der Waals surface area contributed by atoms with E-state index in [4.69, 9.17) is 5.11 Å².